The van der Waals surface area contributed by atoms with Gasteiger partial charge in [-0.3, -0.25) is 14.2 Å². The summed E-state index contributed by atoms with van der Waals surface area (Å²) in [6.07, 6.45) is 4.48. The lowest BCUT2D eigenvalue weighted by atomic mass is 10.1. The van der Waals surface area contributed by atoms with Gasteiger partial charge in [0.1, 0.15) is 6.54 Å². The van der Waals surface area contributed by atoms with E-state index in [0.29, 0.717) is 11.3 Å². The number of aromatic amines is 1. The number of hydrogen-bond acceptors (Lipinski definition) is 6. The minimum Gasteiger partial charge on any atom is -0.359 e. The highest BCUT2D eigenvalue weighted by molar-refractivity contribution is 5.76. The molecule has 4 rings (SSSR count). The average Bonchev–Trinajstić information content (AvgIpc) is 3.34. The van der Waals surface area contributed by atoms with Crippen LogP contribution in [0.1, 0.15) is 30.7 Å². The molecule has 9 nitrogen and oxygen atoms in total. The molecule has 3 heterocycles. The molecule has 1 amide bonds. The number of aryl methyl sites for hydroxylation is 1. The van der Waals surface area contributed by atoms with E-state index in [-0.39, 0.29) is 24.5 Å². The second-order valence-corrected chi connectivity index (χ2v) is 7.46. The van der Waals surface area contributed by atoms with Crippen molar-refractivity contribution in [1.82, 2.24) is 29.8 Å². The quantitative estimate of drug-likeness (QED) is 0.354. The van der Waals surface area contributed by atoms with E-state index in [1.54, 1.807) is 19.2 Å². The molecule has 3 aromatic heterocycles. The SMILES string of the molecule is CC.Cc1cnc(NCC(F)(F)c2ccccc2)c(=O)n1CC(=O)NCc1cnc2nc[nH]c2c1. The number of nitrogens with zero attached hydrogens (tertiary/aromatic N) is 4. The van der Waals surface area contributed by atoms with Crippen LogP contribution in [-0.4, -0.2) is 37.0 Å². The summed E-state index contributed by atoms with van der Waals surface area (Å²) in [6.45, 7) is 4.72. The van der Waals surface area contributed by atoms with Crippen molar-refractivity contribution in [3.8, 4) is 0 Å². The van der Waals surface area contributed by atoms with E-state index >= 15 is 0 Å². The second kappa shape index (κ2) is 11.3. The Morgan fingerprint density at radius 3 is 2.60 bits per heavy atom. The minimum absolute atomic E-state index is 0.174. The Hall–Kier alpha value is -4.15. The lowest BCUT2D eigenvalue weighted by Crippen LogP contribution is -2.35. The number of benzene rings is 1. The summed E-state index contributed by atoms with van der Waals surface area (Å²) < 4.78 is 30.0. The Balaban J connectivity index is 0.00000167. The van der Waals surface area contributed by atoms with Gasteiger partial charge in [-0.15, -0.1) is 0 Å². The van der Waals surface area contributed by atoms with E-state index in [0.717, 1.165) is 11.1 Å². The standard InChI is InChI=1S/C22H21F2N7O2.C2H6/c1-14-8-26-20(28-12-22(23,24)16-5-3-2-4-6-16)21(33)31(14)11-18(32)25-9-15-7-17-19(27-10-15)30-13-29-17;1-2/h2-8,10,13H,9,11-12H2,1H3,(H,25,32)(H,26,28)(H,27,29,30);1-2H3. The van der Waals surface area contributed by atoms with Gasteiger partial charge in [-0.1, -0.05) is 44.2 Å². The Morgan fingerprint density at radius 1 is 1.11 bits per heavy atom. The summed E-state index contributed by atoms with van der Waals surface area (Å²) in [6, 6.07) is 9.11. The largest absolute Gasteiger partial charge is 0.359 e. The maximum absolute atomic E-state index is 14.4. The zero-order valence-corrected chi connectivity index (χ0v) is 19.7. The van der Waals surface area contributed by atoms with E-state index < -0.39 is 23.9 Å². The Bertz CT molecular complexity index is 1340. The molecule has 0 fully saturated rings. The smallest absolute Gasteiger partial charge is 0.293 e. The van der Waals surface area contributed by atoms with E-state index in [1.807, 2.05) is 19.9 Å². The van der Waals surface area contributed by atoms with Gasteiger partial charge < -0.3 is 15.6 Å². The van der Waals surface area contributed by atoms with Crippen LogP contribution in [0.15, 0.2) is 59.9 Å². The number of H-pyrrole nitrogens is 1. The number of halogens is 2. The number of alkyl halides is 2. The van der Waals surface area contributed by atoms with Crippen LogP contribution in [0.4, 0.5) is 14.6 Å². The predicted octanol–water partition coefficient (Wildman–Crippen LogP) is 3.37. The number of fused-ring (bicyclic) bond motifs is 1. The average molecular weight is 484 g/mol. The maximum Gasteiger partial charge on any atom is 0.293 e. The number of carbonyl (C=O) groups is 1. The monoisotopic (exact) mass is 483 g/mol. The van der Waals surface area contributed by atoms with Crippen LogP contribution in [0.5, 0.6) is 0 Å². The first-order valence-corrected chi connectivity index (χ1v) is 11.1. The lowest BCUT2D eigenvalue weighted by Gasteiger charge is -2.18. The number of hydrogen-bond donors (Lipinski definition) is 3. The van der Waals surface area contributed by atoms with Gasteiger partial charge in [-0.25, -0.2) is 15.0 Å². The summed E-state index contributed by atoms with van der Waals surface area (Å²) in [4.78, 5) is 40.3. The summed E-state index contributed by atoms with van der Waals surface area (Å²) in [5.74, 6) is -3.87. The van der Waals surface area contributed by atoms with Crippen molar-refractivity contribution in [2.75, 3.05) is 11.9 Å². The highest BCUT2D eigenvalue weighted by atomic mass is 19.3. The molecule has 35 heavy (non-hydrogen) atoms. The van der Waals surface area contributed by atoms with E-state index in [1.165, 1.54) is 41.4 Å². The van der Waals surface area contributed by atoms with Crippen LogP contribution < -0.4 is 16.2 Å². The first-order valence-electron chi connectivity index (χ1n) is 11.1. The van der Waals surface area contributed by atoms with Crippen LogP contribution in [0.2, 0.25) is 0 Å². The molecule has 0 spiro atoms. The molecule has 184 valence electrons. The second-order valence-electron chi connectivity index (χ2n) is 7.46. The molecule has 0 saturated heterocycles. The molecule has 0 radical (unpaired) electrons. The fourth-order valence-electron chi connectivity index (χ4n) is 3.24. The molecule has 0 aliphatic heterocycles. The normalized spacial score (nSPS) is 11.0. The van der Waals surface area contributed by atoms with E-state index in [2.05, 4.69) is 30.6 Å². The van der Waals surface area contributed by atoms with Gasteiger partial charge in [0.25, 0.3) is 11.5 Å². The maximum atomic E-state index is 14.4. The molecule has 0 saturated carbocycles. The third-order valence-corrected chi connectivity index (χ3v) is 5.05. The van der Waals surface area contributed by atoms with Crippen LogP contribution >= 0.6 is 0 Å². The van der Waals surface area contributed by atoms with Gasteiger partial charge in [-0.2, -0.15) is 8.78 Å². The van der Waals surface area contributed by atoms with Gasteiger partial charge >= 0.3 is 0 Å². The Labute approximate surface area is 200 Å². The molecule has 0 aliphatic carbocycles. The third-order valence-electron chi connectivity index (χ3n) is 5.05. The molecule has 0 aliphatic rings. The number of imidazole rings is 1. The van der Waals surface area contributed by atoms with Crippen molar-refractivity contribution in [2.24, 2.45) is 0 Å². The van der Waals surface area contributed by atoms with Crippen molar-refractivity contribution < 1.29 is 13.6 Å². The van der Waals surface area contributed by atoms with Crippen molar-refractivity contribution in [3.05, 3.63) is 82.3 Å². The number of anilines is 1. The zero-order valence-electron chi connectivity index (χ0n) is 19.7. The van der Waals surface area contributed by atoms with Gasteiger partial charge in [0.05, 0.1) is 18.4 Å². The van der Waals surface area contributed by atoms with Crippen molar-refractivity contribution >= 4 is 22.9 Å². The Morgan fingerprint density at radius 2 is 1.86 bits per heavy atom. The lowest BCUT2D eigenvalue weighted by molar-refractivity contribution is -0.121. The highest BCUT2D eigenvalue weighted by Crippen LogP contribution is 2.27. The first kappa shape index (κ1) is 25.5. The van der Waals surface area contributed by atoms with Gasteiger partial charge in [0, 0.05) is 30.2 Å². The zero-order chi connectivity index (χ0) is 25.4. The summed E-state index contributed by atoms with van der Waals surface area (Å²) in [7, 11) is 0. The molecule has 3 N–H and O–H groups in total. The van der Waals surface area contributed by atoms with Gasteiger partial charge in [0.15, 0.2) is 11.5 Å². The highest BCUT2D eigenvalue weighted by Gasteiger charge is 2.31. The number of amides is 1. The number of rotatable bonds is 8. The minimum atomic E-state index is -3.20. The molecular weight excluding hydrogens is 456 g/mol. The first-order chi connectivity index (χ1) is 16.8. The topological polar surface area (TPSA) is 118 Å². The number of carbonyl (C=O) groups excluding carboxylic acids is 1. The van der Waals surface area contributed by atoms with Gasteiger partial charge in [0.2, 0.25) is 5.91 Å². The van der Waals surface area contributed by atoms with Crippen molar-refractivity contribution in [3.63, 3.8) is 0 Å². The van der Waals surface area contributed by atoms with Gasteiger partial charge in [-0.05, 0) is 18.6 Å². The molecule has 0 atom stereocenters. The summed E-state index contributed by atoms with van der Waals surface area (Å²) in [5, 5.41) is 5.14. The summed E-state index contributed by atoms with van der Waals surface area (Å²) >= 11 is 0. The molecule has 1 aromatic carbocycles. The van der Waals surface area contributed by atoms with Crippen molar-refractivity contribution in [1.29, 1.82) is 0 Å². The van der Waals surface area contributed by atoms with E-state index in [9.17, 15) is 18.4 Å². The predicted molar refractivity (Wildman–Crippen MR) is 129 cm³/mol. The molecule has 11 heteroatoms. The Kier molecular flexibility index (Phi) is 8.24. The van der Waals surface area contributed by atoms with Crippen LogP contribution in [0.25, 0.3) is 11.2 Å². The van der Waals surface area contributed by atoms with Crippen LogP contribution in [-0.2, 0) is 23.8 Å². The molecule has 0 bridgehead atoms. The third kappa shape index (κ3) is 6.25. The summed E-state index contributed by atoms with van der Waals surface area (Å²) in [5.41, 5.74) is 1.66. The molecule has 4 aromatic rings. The number of nitrogens with one attached hydrogen (secondary N) is 3. The molecule has 0 unspecified atom stereocenters. The van der Waals surface area contributed by atoms with Crippen molar-refractivity contribution in [2.45, 2.75) is 39.8 Å². The number of pyridine rings is 1. The van der Waals surface area contributed by atoms with E-state index in [4.69, 9.17) is 0 Å². The van der Waals surface area contributed by atoms with Crippen LogP contribution in [0.3, 0.4) is 0 Å². The fourth-order valence-corrected chi connectivity index (χ4v) is 3.24. The number of aromatic nitrogens is 5. The van der Waals surface area contributed by atoms with Crippen LogP contribution in [0, 0.1) is 6.92 Å². The fraction of sp³-hybridized carbons (Fsp3) is 0.292. The molecular formula is C24H27F2N7O2.